The highest BCUT2D eigenvalue weighted by molar-refractivity contribution is 5.28. The fourth-order valence-electron chi connectivity index (χ4n) is 3.22. The molecule has 0 amide bonds. The Kier molecular flexibility index (Phi) is 4.58. The van der Waals surface area contributed by atoms with Crippen molar-refractivity contribution in [3.63, 3.8) is 0 Å². The van der Waals surface area contributed by atoms with Crippen molar-refractivity contribution in [2.45, 2.75) is 57.1 Å². The van der Waals surface area contributed by atoms with Crippen LogP contribution in [-0.2, 0) is 4.74 Å². The van der Waals surface area contributed by atoms with Crippen molar-refractivity contribution in [1.82, 2.24) is 0 Å². The molecule has 106 valence electrons. The maximum Gasteiger partial charge on any atom is 0.123 e. The Morgan fingerprint density at radius 3 is 2.32 bits per heavy atom. The molecule has 3 heteroatoms. The number of methoxy groups -OCH3 is 1. The van der Waals surface area contributed by atoms with Crippen molar-refractivity contribution in [3.05, 3.63) is 35.1 Å². The third-order valence-electron chi connectivity index (χ3n) is 4.35. The Balaban J connectivity index is 2.30. The van der Waals surface area contributed by atoms with Gasteiger partial charge in [-0.1, -0.05) is 31.7 Å². The minimum atomic E-state index is -0.337. The van der Waals surface area contributed by atoms with Gasteiger partial charge >= 0.3 is 0 Å². The van der Waals surface area contributed by atoms with Gasteiger partial charge in [-0.2, -0.15) is 0 Å². The normalized spacial score (nSPS) is 20.8. The molecule has 0 aliphatic heterocycles. The summed E-state index contributed by atoms with van der Waals surface area (Å²) < 4.78 is 19.4. The molecule has 0 heterocycles. The van der Waals surface area contributed by atoms with E-state index in [-0.39, 0.29) is 17.5 Å². The summed E-state index contributed by atoms with van der Waals surface area (Å²) in [5.74, 6) is -0.217. The van der Waals surface area contributed by atoms with E-state index < -0.39 is 0 Å². The summed E-state index contributed by atoms with van der Waals surface area (Å²) in [4.78, 5) is 0. The Labute approximate surface area is 115 Å². The van der Waals surface area contributed by atoms with Crippen molar-refractivity contribution in [2.75, 3.05) is 7.11 Å². The monoisotopic (exact) mass is 265 g/mol. The van der Waals surface area contributed by atoms with Crippen LogP contribution in [0.2, 0.25) is 0 Å². The van der Waals surface area contributed by atoms with E-state index in [4.69, 9.17) is 10.5 Å². The van der Waals surface area contributed by atoms with Crippen molar-refractivity contribution < 1.29 is 9.13 Å². The highest BCUT2D eigenvalue weighted by Crippen LogP contribution is 2.39. The average molecular weight is 265 g/mol. The van der Waals surface area contributed by atoms with Crippen LogP contribution in [0.3, 0.4) is 0 Å². The number of hydrogen-bond acceptors (Lipinski definition) is 2. The molecule has 1 aliphatic carbocycles. The Hall–Kier alpha value is -0.930. The van der Waals surface area contributed by atoms with Gasteiger partial charge in [-0.3, -0.25) is 0 Å². The minimum absolute atomic E-state index is 0.217. The van der Waals surface area contributed by atoms with E-state index >= 15 is 0 Å². The largest absolute Gasteiger partial charge is 0.376 e. The molecule has 1 aromatic carbocycles. The zero-order chi connectivity index (χ0) is 13.9. The van der Waals surface area contributed by atoms with E-state index in [9.17, 15) is 4.39 Å². The topological polar surface area (TPSA) is 35.2 Å². The first-order chi connectivity index (χ1) is 9.07. The molecular formula is C16H24FNO. The molecule has 19 heavy (non-hydrogen) atoms. The highest BCUT2D eigenvalue weighted by Gasteiger charge is 2.38. The first kappa shape index (κ1) is 14.5. The molecule has 1 aromatic rings. The van der Waals surface area contributed by atoms with Gasteiger partial charge in [0.05, 0.1) is 11.6 Å². The lowest BCUT2D eigenvalue weighted by atomic mass is 9.82. The fraction of sp³-hybridized carbons (Fsp3) is 0.625. The smallest absolute Gasteiger partial charge is 0.123 e. The van der Waals surface area contributed by atoms with Crippen LogP contribution in [0.15, 0.2) is 18.2 Å². The fourth-order valence-corrected chi connectivity index (χ4v) is 3.22. The number of halogens is 1. The van der Waals surface area contributed by atoms with Crippen molar-refractivity contribution in [1.29, 1.82) is 0 Å². The zero-order valence-electron chi connectivity index (χ0n) is 11.9. The molecule has 0 spiro atoms. The molecule has 0 bridgehead atoms. The van der Waals surface area contributed by atoms with Gasteiger partial charge < -0.3 is 10.5 Å². The summed E-state index contributed by atoms with van der Waals surface area (Å²) in [7, 11) is 1.73. The summed E-state index contributed by atoms with van der Waals surface area (Å²) >= 11 is 0. The number of benzene rings is 1. The van der Waals surface area contributed by atoms with Gasteiger partial charge in [-0.15, -0.1) is 0 Å². The van der Waals surface area contributed by atoms with Crippen molar-refractivity contribution in [2.24, 2.45) is 5.73 Å². The standard InChI is InChI=1S/C16H24FNO/c1-12-9-13(11-14(17)10-12)15(18)16(19-2)7-5-3-4-6-8-16/h9-11,15H,3-8,18H2,1-2H3. The third-order valence-corrected chi connectivity index (χ3v) is 4.35. The van der Waals surface area contributed by atoms with Crippen LogP contribution in [0.4, 0.5) is 4.39 Å². The third kappa shape index (κ3) is 3.15. The molecule has 1 aliphatic rings. The lowest BCUT2D eigenvalue weighted by Gasteiger charge is -2.37. The molecule has 1 saturated carbocycles. The van der Waals surface area contributed by atoms with Crippen LogP contribution < -0.4 is 5.73 Å². The van der Waals surface area contributed by atoms with Gasteiger partial charge in [0.2, 0.25) is 0 Å². The lowest BCUT2D eigenvalue weighted by Crippen LogP contribution is -2.42. The summed E-state index contributed by atoms with van der Waals surface area (Å²) in [6, 6.07) is 4.79. The Morgan fingerprint density at radius 1 is 1.16 bits per heavy atom. The van der Waals surface area contributed by atoms with Gasteiger partial charge in [0.15, 0.2) is 0 Å². The first-order valence-electron chi connectivity index (χ1n) is 7.15. The second-order valence-corrected chi connectivity index (χ2v) is 5.72. The van der Waals surface area contributed by atoms with Crippen LogP contribution in [0.1, 0.15) is 55.7 Å². The molecule has 2 N–H and O–H groups in total. The van der Waals surface area contributed by atoms with Gasteiger partial charge in [0.1, 0.15) is 5.82 Å². The van der Waals surface area contributed by atoms with E-state index in [0.717, 1.165) is 36.8 Å². The predicted octanol–water partition coefficient (Wildman–Crippen LogP) is 3.87. The molecule has 1 fully saturated rings. The maximum atomic E-state index is 13.6. The first-order valence-corrected chi connectivity index (χ1v) is 7.15. The SMILES string of the molecule is COC1(C(N)c2cc(C)cc(F)c2)CCCCCC1. The number of ether oxygens (including phenoxy) is 1. The van der Waals surface area contributed by atoms with E-state index in [1.165, 1.54) is 18.9 Å². The van der Waals surface area contributed by atoms with Gasteiger partial charge in [0.25, 0.3) is 0 Å². The maximum absolute atomic E-state index is 13.6. The molecule has 1 atom stereocenters. The molecule has 0 radical (unpaired) electrons. The average Bonchev–Trinajstić information content (AvgIpc) is 2.63. The molecule has 2 nitrogen and oxygen atoms in total. The number of rotatable bonds is 3. The highest BCUT2D eigenvalue weighted by atomic mass is 19.1. The summed E-state index contributed by atoms with van der Waals surface area (Å²) in [5.41, 5.74) is 7.85. The quantitative estimate of drug-likeness (QED) is 0.842. The number of nitrogens with two attached hydrogens (primary N) is 1. The molecule has 2 rings (SSSR count). The van der Waals surface area contributed by atoms with Crippen LogP contribution in [0.25, 0.3) is 0 Å². The van der Waals surface area contributed by atoms with Gasteiger partial charge in [0, 0.05) is 7.11 Å². The summed E-state index contributed by atoms with van der Waals surface area (Å²) in [6.45, 7) is 1.89. The van der Waals surface area contributed by atoms with E-state index in [1.54, 1.807) is 13.2 Å². The zero-order valence-corrected chi connectivity index (χ0v) is 11.9. The lowest BCUT2D eigenvalue weighted by molar-refractivity contribution is -0.0442. The van der Waals surface area contributed by atoms with Crippen LogP contribution in [0, 0.1) is 12.7 Å². The minimum Gasteiger partial charge on any atom is -0.376 e. The van der Waals surface area contributed by atoms with E-state index in [0.29, 0.717) is 0 Å². The Bertz CT molecular complexity index is 405. The molecule has 0 aromatic heterocycles. The molecular weight excluding hydrogens is 241 g/mol. The second kappa shape index (κ2) is 6.02. The van der Waals surface area contributed by atoms with Crippen molar-refractivity contribution in [3.8, 4) is 0 Å². The summed E-state index contributed by atoms with van der Waals surface area (Å²) in [5, 5.41) is 0. The van der Waals surface area contributed by atoms with E-state index in [2.05, 4.69) is 0 Å². The van der Waals surface area contributed by atoms with Crippen LogP contribution in [0.5, 0.6) is 0 Å². The van der Waals surface area contributed by atoms with Gasteiger partial charge in [-0.25, -0.2) is 4.39 Å². The molecule has 1 unspecified atom stereocenters. The number of hydrogen-bond donors (Lipinski definition) is 1. The predicted molar refractivity (Wildman–Crippen MR) is 75.5 cm³/mol. The van der Waals surface area contributed by atoms with Crippen LogP contribution >= 0.6 is 0 Å². The second-order valence-electron chi connectivity index (χ2n) is 5.72. The molecule has 0 saturated heterocycles. The van der Waals surface area contributed by atoms with Crippen molar-refractivity contribution >= 4 is 0 Å². The van der Waals surface area contributed by atoms with Gasteiger partial charge in [-0.05, 0) is 43.0 Å². The summed E-state index contributed by atoms with van der Waals surface area (Å²) in [6.07, 6.45) is 6.66. The van der Waals surface area contributed by atoms with E-state index in [1.807, 2.05) is 13.0 Å². The Morgan fingerprint density at radius 2 is 1.79 bits per heavy atom. The van der Waals surface area contributed by atoms with Crippen LogP contribution in [-0.4, -0.2) is 12.7 Å². The number of aryl methyl sites for hydroxylation is 1.